The first-order chi connectivity index (χ1) is 8.08. The van der Waals surface area contributed by atoms with E-state index in [1.54, 1.807) is 11.8 Å². The van der Waals surface area contributed by atoms with Crippen molar-refractivity contribution in [2.75, 3.05) is 12.8 Å². The molecule has 5 heteroatoms. The Morgan fingerprint density at radius 1 is 1.35 bits per heavy atom. The molecule has 2 heterocycles. The molecular weight excluding hydrogens is 216 g/mol. The van der Waals surface area contributed by atoms with Crippen molar-refractivity contribution in [3.8, 4) is 5.75 Å². The van der Waals surface area contributed by atoms with Gasteiger partial charge in [-0.15, -0.1) is 0 Å². The van der Waals surface area contributed by atoms with E-state index in [9.17, 15) is 0 Å². The van der Waals surface area contributed by atoms with Gasteiger partial charge in [0.1, 0.15) is 11.6 Å². The van der Waals surface area contributed by atoms with Crippen molar-refractivity contribution in [3.63, 3.8) is 0 Å². The molecule has 0 radical (unpaired) electrons. The molecule has 0 unspecified atom stereocenters. The third-order valence-electron chi connectivity index (χ3n) is 2.52. The number of hydrogen-bond donors (Lipinski definition) is 1. The third kappa shape index (κ3) is 2.55. The molecule has 5 nitrogen and oxygen atoms in total. The van der Waals surface area contributed by atoms with Gasteiger partial charge in [-0.3, -0.25) is 9.67 Å². The molecule has 17 heavy (non-hydrogen) atoms. The van der Waals surface area contributed by atoms with Crippen molar-refractivity contribution < 1.29 is 4.74 Å². The van der Waals surface area contributed by atoms with E-state index in [4.69, 9.17) is 10.5 Å². The van der Waals surface area contributed by atoms with Crippen molar-refractivity contribution >= 4 is 5.82 Å². The molecule has 0 aromatic carbocycles. The predicted octanol–water partition coefficient (Wildman–Crippen LogP) is 1.53. The number of aromatic nitrogens is 3. The van der Waals surface area contributed by atoms with E-state index in [1.165, 1.54) is 0 Å². The number of hydrogen-bond acceptors (Lipinski definition) is 4. The first kappa shape index (κ1) is 11.4. The molecule has 0 spiro atoms. The highest BCUT2D eigenvalue weighted by Crippen LogP contribution is 2.15. The fraction of sp³-hybridized carbons (Fsp3) is 0.333. The summed E-state index contributed by atoms with van der Waals surface area (Å²) in [6.07, 6.45) is 1.91. The molecule has 0 saturated carbocycles. The Morgan fingerprint density at radius 2 is 2.12 bits per heavy atom. The standard InChI is InChI=1S/C12H16N4O/c1-8-6-16(15-12(8)13)7-10-5-11(17-3)4-9(2)14-10/h4-6H,7H2,1-3H3,(H2,13,15). The second-order valence-corrected chi connectivity index (χ2v) is 4.03. The van der Waals surface area contributed by atoms with Gasteiger partial charge in [-0.1, -0.05) is 0 Å². The highest BCUT2D eigenvalue weighted by atomic mass is 16.5. The Bertz CT molecular complexity index is 514. The fourth-order valence-corrected chi connectivity index (χ4v) is 1.68. The molecule has 2 aromatic heterocycles. The number of nitrogen functional groups attached to an aromatic ring is 1. The Labute approximate surface area is 100 Å². The maximum atomic E-state index is 5.70. The van der Waals surface area contributed by atoms with Gasteiger partial charge in [0.25, 0.3) is 0 Å². The van der Waals surface area contributed by atoms with Crippen LogP contribution in [-0.2, 0) is 6.54 Å². The van der Waals surface area contributed by atoms with Crippen LogP contribution >= 0.6 is 0 Å². The van der Waals surface area contributed by atoms with E-state index >= 15 is 0 Å². The largest absolute Gasteiger partial charge is 0.497 e. The SMILES string of the molecule is COc1cc(C)nc(Cn2cc(C)c(N)n2)c1. The van der Waals surface area contributed by atoms with Crippen LogP contribution in [0.25, 0.3) is 0 Å². The molecule has 0 saturated heterocycles. The molecule has 0 bridgehead atoms. The topological polar surface area (TPSA) is 66.0 Å². The first-order valence-electron chi connectivity index (χ1n) is 5.39. The van der Waals surface area contributed by atoms with Crippen molar-refractivity contribution in [1.82, 2.24) is 14.8 Å². The fourth-order valence-electron chi connectivity index (χ4n) is 1.68. The summed E-state index contributed by atoms with van der Waals surface area (Å²) in [4.78, 5) is 4.43. The van der Waals surface area contributed by atoms with Gasteiger partial charge in [-0.05, 0) is 13.8 Å². The van der Waals surface area contributed by atoms with Gasteiger partial charge in [0.15, 0.2) is 0 Å². The average molecular weight is 232 g/mol. The van der Waals surface area contributed by atoms with Gasteiger partial charge in [-0.25, -0.2) is 0 Å². The number of anilines is 1. The van der Waals surface area contributed by atoms with E-state index in [1.807, 2.05) is 32.2 Å². The van der Waals surface area contributed by atoms with E-state index < -0.39 is 0 Å². The lowest BCUT2D eigenvalue weighted by atomic mass is 10.3. The summed E-state index contributed by atoms with van der Waals surface area (Å²) < 4.78 is 6.99. The molecule has 90 valence electrons. The highest BCUT2D eigenvalue weighted by molar-refractivity contribution is 5.36. The normalized spacial score (nSPS) is 10.5. The lowest BCUT2D eigenvalue weighted by Crippen LogP contribution is -2.04. The van der Waals surface area contributed by atoms with Crippen molar-refractivity contribution in [2.45, 2.75) is 20.4 Å². The van der Waals surface area contributed by atoms with Gasteiger partial charge in [0.05, 0.1) is 19.3 Å². The van der Waals surface area contributed by atoms with Crippen LogP contribution in [0.5, 0.6) is 5.75 Å². The summed E-state index contributed by atoms with van der Waals surface area (Å²) in [6.45, 7) is 4.47. The minimum atomic E-state index is 0.560. The summed E-state index contributed by atoms with van der Waals surface area (Å²) in [5.41, 5.74) is 8.51. The van der Waals surface area contributed by atoms with Gasteiger partial charge in [0.2, 0.25) is 0 Å². The Balaban J connectivity index is 2.26. The van der Waals surface area contributed by atoms with Crippen molar-refractivity contribution in [1.29, 1.82) is 0 Å². The van der Waals surface area contributed by atoms with Crippen LogP contribution < -0.4 is 10.5 Å². The zero-order valence-electron chi connectivity index (χ0n) is 10.3. The Morgan fingerprint density at radius 3 is 2.71 bits per heavy atom. The van der Waals surface area contributed by atoms with Crippen LogP contribution in [0.4, 0.5) is 5.82 Å². The molecule has 0 atom stereocenters. The highest BCUT2D eigenvalue weighted by Gasteiger charge is 2.04. The molecule has 0 fully saturated rings. The second kappa shape index (κ2) is 4.45. The summed E-state index contributed by atoms with van der Waals surface area (Å²) in [5.74, 6) is 1.37. The molecular formula is C12H16N4O. The molecule has 2 aromatic rings. The second-order valence-electron chi connectivity index (χ2n) is 4.03. The summed E-state index contributed by atoms with van der Waals surface area (Å²) in [5, 5.41) is 4.20. The van der Waals surface area contributed by atoms with Gasteiger partial charge in [0, 0.05) is 29.6 Å². The summed E-state index contributed by atoms with van der Waals surface area (Å²) >= 11 is 0. The number of aryl methyl sites for hydroxylation is 2. The number of pyridine rings is 1. The maximum absolute atomic E-state index is 5.70. The van der Waals surface area contributed by atoms with Gasteiger partial charge >= 0.3 is 0 Å². The average Bonchev–Trinajstić information content (AvgIpc) is 2.57. The zero-order chi connectivity index (χ0) is 12.4. The number of methoxy groups -OCH3 is 1. The predicted molar refractivity (Wildman–Crippen MR) is 66.0 cm³/mol. The van der Waals surface area contributed by atoms with Crippen LogP contribution in [0.15, 0.2) is 18.3 Å². The van der Waals surface area contributed by atoms with Gasteiger partial charge in [-0.2, -0.15) is 5.10 Å². The van der Waals surface area contributed by atoms with E-state index in [2.05, 4.69) is 10.1 Å². The molecule has 2 rings (SSSR count). The third-order valence-corrected chi connectivity index (χ3v) is 2.52. The first-order valence-corrected chi connectivity index (χ1v) is 5.39. The zero-order valence-corrected chi connectivity index (χ0v) is 10.3. The maximum Gasteiger partial charge on any atom is 0.148 e. The van der Waals surface area contributed by atoms with Gasteiger partial charge < -0.3 is 10.5 Å². The lowest BCUT2D eigenvalue weighted by Gasteiger charge is -2.06. The van der Waals surface area contributed by atoms with Crippen LogP contribution in [0.1, 0.15) is 17.0 Å². The van der Waals surface area contributed by atoms with Crippen LogP contribution in [0.3, 0.4) is 0 Å². The minimum absolute atomic E-state index is 0.560. The number of rotatable bonds is 3. The number of ether oxygens (including phenoxy) is 1. The summed E-state index contributed by atoms with van der Waals surface area (Å²) in [6, 6.07) is 3.80. The minimum Gasteiger partial charge on any atom is -0.497 e. The van der Waals surface area contributed by atoms with Crippen molar-refractivity contribution in [2.24, 2.45) is 0 Å². The quantitative estimate of drug-likeness (QED) is 0.871. The lowest BCUT2D eigenvalue weighted by molar-refractivity contribution is 0.412. The monoisotopic (exact) mass is 232 g/mol. The number of nitrogens with two attached hydrogens (primary N) is 1. The van der Waals surface area contributed by atoms with E-state index in [0.29, 0.717) is 12.4 Å². The molecule has 0 aliphatic rings. The smallest absolute Gasteiger partial charge is 0.148 e. The molecule has 0 aliphatic heterocycles. The van der Waals surface area contributed by atoms with Crippen LogP contribution in [-0.4, -0.2) is 21.9 Å². The number of nitrogens with zero attached hydrogens (tertiary/aromatic N) is 3. The Kier molecular flexibility index (Phi) is 2.99. The Hall–Kier alpha value is -2.04. The van der Waals surface area contributed by atoms with Crippen molar-refractivity contribution in [3.05, 3.63) is 35.3 Å². The van der Waals surface area contributed by atoms with Crippen LogP contribution in [0, 0.1) is 13.8 Å². The van der Waals surface area contributed by atoms with E-state index in [-0.39, 0.29) is 0 Å². The van der Waals surface area contributed by atoms with Crippen LogP contribution in [0.2, 0.25) is 0 Å². The molecule has 0 amide bonds. The summed E-state index contributed by atoms with van der Waals surface area (Å²) in [7, 11) is 1.65. The molecule has 2 N–H and O–H groups in total. The molecule has 0 aliphatic carbocycles. The van der Waals surface area contributed by atoms with E-state index in [0.717, 1.165) is 22.7 Å².